The molecule has 0 amide bonds. The third-order valence-electron chi connectivity index (χ3n) is 10.2. The van der Waals surface area contributed by atoms with Crippen LogP contribution in [0.25, 0.3) is 50.3 Å². The minimum Gasteiger partial charge on any atom is -0.456 e. The van der Waals surface area contributed by atoms with E-state index in [1.165, 1.54) is 50.1 Å². The molecule has 0 radical (unpaired) electrons. The van der Waals surface area contributed by atoms with E-state index < -0.39 is 0 Å². The van der Waals surface area contributed by atoms with Crippen molar-refractivity contribution in [1.29, 1.82) is 0 Å². The number of hydrogen-bond acceptors (Lipinski definition) is 2. The largest absolute Gasteiger partial charge is 0.456 e. The Kier molecular flexibility index (Phi) is 6.04. The molecule has 0 saturated heterocycles. The van der Waals surface area contributed by atoms with Crippen molar-refractivity contribution in [3.8, 4) is 22.3 Å². The van der Waals surface area contributed by atoms with E-state index in [0.717, 1.165) is 45.4 Å². The van der Waals surface area contributed by atoms with Gasteiger partial charge in [-0.05, 0) is 117 Å². The molecular weight excluding hydrogens is 583 g/mol. The Morgan fingerprint density at radius 2 is 1.19 bits per heavy atom. The number of furan rings is 1. The number of hydrogen-bond donors (Lipinski definition) is 0. The highest BCUT2D eigenvalue weighted by molar-refractivity contribution is 6.08. The molecule has 2 heteroatoms. The van der Waals surface area contributed by atoms with E-state index >= 15 is 0 Å². The zero-order valence-electron chi connectivity index (χ0n) is 26.3. The molecule has 226 valence electrons. The first-order valence-corrected chi connectivity index (χ1v) is 16.7. The molecule has 0 spiro atoms. The molecule has 7 aromatic rings. The minimum absolute atomic E-state index is 0.346. The maximum atomic E-state index is 6.37. The van der Waals surface area contributed by atoms with E-state index in [9.17, 15) is 0 Å². The van der Waals surface area contributed by atoms with E-state index in [4.69, 9.17) is 4.42 Å². The molecule has 10 rings (SSSR count). The van der Waals surface area contributed by atoms with Crippen molar-refractivity contribution in [2.75, 3.05) is 4.90 Å². The SMILES string of the molecule is C1=CC2=CCc3c(-c4ccc5oc6ccc(-c7ccc(N(c8ccccc8)c8ccccc8)cc7)cc6c5c4)ccc4c3C2C(=C1)C=C4. The van der Waals surface area contributed by atoms with Gasteiger partial charge in [0.15, 0.2) is 0 Å². The summed E-state index contributed by atoms with van der Waals surface area (Å²) in [6, 6.07) is 47.8. The summed E-state index contributed by atoms with van der Waals surface area (Å²) in [5.74, 6) is 0.346. The van der Waals surface area contributed by atoms with Gasteiger partial charge in [-0.25, -0.2) is 0 Å². The number of rotatable bonds is 5. The van der Waals surface area contributed by atoms with Crippen molar-refractivity contribution in [2.24, 2.45) is 0 Å². The maximum Gasteiger partial charge on any atom is 0.135 e. The molecule has 0 N–H and O–H groups in total. The van der Waals surface area contributed by atoms with Gasteiger partial charge in [0.25, 0.3) is 0 Å². The topological polar surface area (TPSA) is 16.4 Å². The van der Waals surface area contributed by atoms with Crippen LogP contribution in [0, 0.1) is 0 Å². The Labute approximate surface area is 279 Å². The summed E-state index contributed by atoms with van der Waals surface area (Å²) in [6.07, 6.45) is 14.7. The van der Waals surface area contributed by atoms with Crippen molar-refractivity contribution in [1.82, 2.24) is 0 Å². The quantitative estimate of drug-likeness (QED) is 0.192. The maximum absolute atomic E-state index is 6.37. The third kappa shape index (κ3) is 4.27. The fourth-order valence-electron chi connectivity index (χ4n) is 7.92. The molecule has 3 aliphatic rings. The lowest BCUT2D eigenvalue weighted by Gasteiger charge is -2.34. The molecule has 1 heterocycles. The number of fused-ring (bicyclic) bond motifs is 3. The molecule has 0 aliphatic heterocycles. The summed E-state index contributed by atoms with van der Waals surface area (Å²) in [5.41, 5.74) is 17.2. The van der Waals surface area contributed by atoms with Gasteiger partial charge in [-0.2, -0.15) is 0 Å². The van der Waals surface area contributed by atoms with Gasteiger partial charge in [0.2, 0.25) is 0 Å². The van der Waals surface area contributed by atoms with Gasteiger partial charge in [0.1, 0.15) is 11.2 Å². The first-order valence-electron chi connectivity index (χ1n) is 16.7. The molecule has 2 nitrogen and oxygen atoms in total. The third-order valence-corrected chi connectivity index (χ3v) is 10.2. The number of anilines is 3. The normalized spacial score (nSPS) is 15.7. The van der Waals surface area contributed by atoms with E-state index in [1.807, 2.05) is 0 Å². The summed E-state index contributed by atoms with van der Waals surface area (Å²) in [7, 11) is 0. The Hall–Kier alpha value is -6.12. The number of benzene rings is 6. The Morgan fingerprint density at radius 3 is 1.92 bits per heavy atom. The van der Waals surface area contributed by atoms with Gasteiger partial charge >= 0.3 is 0 Å². The molecular formula is C46H31NO. The van der Waals surface area contributed by atoms with Crippen LogP contribution in [0.4, 0.5) is 17.1 Å². The van der Waals surface area contributed by atoms with Crippen molar-refractivity contribution in [2.45, 2.75) is 12.3 Å². The Morgan fingerprint density at radius 1 is 0.542 bits per heavy atom. The van der Waals surface area contributed by atoms with Crippen molar-refractivity contribution < 1.29 is 4.42 Å². The van der Waals surface area contributed by atoms with E-state index in [1.54, 1.807) is 0 Å². The van der Waals surface area contributed by atoms with Crippen LogP contribution < -0.4 is 4.90 Å². The highest BCUT2D eigenvalue weighted by Crippen LogP contribution is 2.48. The highest BCUT2D eigenvalue weighted by Gasteiger charge is 2.31. The summed E-state index contributed by atoms with van der Waals surface area (Å²) < 4.78 is 6.37. The molecule has 0 saturated carbocycles. The predicted molar refractivity (Wildman–Crippen MR) is 200 cm³/mol. The fraction of sp³-hybridized carbons (Fsp3) is 0.0435. The zero-order valence-corrected chi connectivity index (χ0v) is 26.3. The second-order valence-electron chi connectivity index (χ2n) is 12.9. The summed E-state index contributed by atoms with van der Waals surface area (Å²) >= 11 is 0. The molecule has 1 atom stereocenters. The van der Waals surface area contributed by atoms with Crippen LogP contribution in [0.15, 0.2) is 179 Å². The van der Waals surface area contributed by atoms with Crippen LogP contribution in [0.5, 0.6) is 0 Å². The Bertz CT molecular complexity index is 2470. The minimum atomic E-state index is 0.346. The monoisotopic (exact) mass is 613 g/mol. The molecule has 48 heavy (non-hydrogen) atoms. The molecule has 1 aromatic heterocycles. The lowest BCUT2D eigenvalue weighted by Crippen LogP contribution is -2.18. The van der Waals surface area contributed by atoms with Crippen LogP contribution in [0.1, 0.15) is 22.6 Å². The molecule has 6 aromatic carbocycles. The standard InChI is InChI=1S/C46H31NO/c1-3-10-36(11-4-1)47(37-12-5-2-6-13-37)38-22-16-30(17-23-38)34-20-26-43-41(28-34)42-29-35(21-27-44(42)48-43)39-24-18-33-15-14-31-8-7-9-32-19-25-40(39)46(33)45(31)32/h1-24,26-29,45H,25H2. The summed E-state index contributed by atoms with van der Waals surface area (Å²) in [6.45, 7) is 0. The second kappa shape index (κ2) is 10.7. The average Bonchev–Trinajstić information content (AvgIpc) is 3.52. The van der Waals surface area contributed by atoms with Gasteiger partial charge in [0, 0.05) is 33.8 Å². The van der Waals surface area contributed by atoms with Gasteiger partial charge in [-0.15, -0.1) is 0 Å². The van der Waals surface area contributed by atoms with Crippen molar-refractivity contribution in [3.63, 3.8) is 0 Å². The van der Waals surface area contributed by atoms with E-state index in [0.29, 0.717) is 5.92 Å². The molecule has 0 fully saturated rings. The fourth-order valence-corrected chi connectivity index (χ4v) is 7.92. The smallest absolute Gasteiger partial charge is 0.135 e. The van der Waals surface area contributed by atoms with Gasteiger partial charge in [-0.3, -0.25) is 0 Å². The average molecular weight is 614 g/mol. The predicted octanol–water partition coefficient (Wildman–Crippen LogP) is 12.5. The molecule has 0 bridgehead atoms. The zero-order chi connectivity index (χ0) is 31.6. The first-order chi connectivity index (χ1) is 23.8. The first kappa shape index (κ1) is 27.0. The van der Waals surface area contributed by atoms with Crippen LogP contribution in [0.2, 0.25) is 0 Å². The van der Waals surface area contributed by atoms with Crippen LogP contribution in [0.3, 0.4) is 0 Å². The van der Waals surface area contributed by atoms with Crippen LogP contribution in [-0.4, -0.2) is 0 Å². The molecule has 1 unspecified atom stereocenters. The number of para-hydroxylation sites is 2. The lowest BCUT2D eigenvalue weighted by molar-refractivity contribution is 0.669. The second-order valence-corrected chi connectivity index (χ2v) is 12.9. The van der Waals surface area contributed by atoms with Crippen molar-refractivity contribution in [3.05, 3.63) is 192 Å². The van der Waals surface area contributed by atoms with Crippen LogP contribution >= 0.6 is 0 Å². The van der Waals surface area contributed by atoms with Gasteiger partial charge < -0.3 is 9.32 Å². The summed E-state index contributed by atoms with van der Waals surface area (Å²) in [5, 5.41) is 2.29. The van der Waals surface area contributed by atoms with Crippen LogP contribution in [-0.2, 0) is 6.42 Å². The summed E-state index contributed by atoms with van der Waals surface area (Å²) in [4.78, 5) is 2.29. The van der Waals surface area contributed by atoms with Gasteiger partial charge in [0.05, 0.1) is 0 Å². The number of allylic oxidation sites excluding steroid dienone is 7. The highest BCUT2D eigenvalue weighted by atomic mass is 16.3. The van der Waals surface area contributed by atoms with Crippen molar-refractivity contribution >= 4 is 45.1 Å². The van der Waals surface area contributed by atoms with E-state index in [2.05, 4.69) is 175 Å². The Balaban J connectivity index is 1.04. The van der Waals surface area contributed by atoms with E-state index in [-0.39, 0.29) is 0 Å². The lowest BCUT2D eigenvalue weighted by atomic mass is 9.70. The molecule has 3 aliphatic carbocycles. The van der Waals surface area contributed by atoms with Gasteiger partial charge in [-0.1, -0.05) is 109 Å². The number of nitrogens with zero attached hydrogens (tertiary/aromatic N) is 1.